The van der Waals surface area contributed by atoms with Gasteiger partial charge in [-0.25, -0.2) is 4.57 Å². The van der Waals surface area contributed by atoms with Gasteiger partial charge in [0.25, 0.3) is 0 Å². The summed E-state index contributed by atoms with van der Waals surface area (Å²) in [6.07, 6.45) is 21.3. The number of aliphatic carboxylic acids is 1. The molecule has 0 aliphatic carbocycles. The molecule has 0 heterocycles. The molecule has 3 unspecified atom stereocenters. The Labute approximate surface area is 259 Å². The fraction of sp³-hybridized carbons (Fsp3) is 0.903. The van der Waals surface area contributed by atoms with E-state index in [1.165, 1.54) is 77.0 Å². The highest BCUT2D eigenvalue weighted by Gasteiger charge is 2.28. The van der Waals surface area contributed by atoms with Crippen LogP contribution in [-0.2, 0) is 37.5 Å². The summed E-state index contributed by atoms with van der Waals surface area (Å²) in [6.45, 7) is 2.58. The zero-order chi connectivity index (χ0) is 32.2. The zero-order valence-electron chi connectivity index (χ0n) is 26.8. The first-order valence-corrected chi connectivity index (χ1v) is 18.1. The van der Waals surface area contributed by atoms with Crippen molar-refractivity contribution in [3.8, 4) is 0 Å². The van der Waals surface area contributed by atoms with Crippen LogP contribution < -0.4 is 5.73 Å². The van der Waals surface area contributed by atoms with Crippen molar-refractivity contribution in [3.05, 3.63) is 0 Å². The third-order valence-corrected chi connectivity index (χ3v) is 8.06. The van der Waals surface area contributed by atoms with Crippen LogP contribution >= 0.6 is 7.82 Å². The number of hydrogen-bond donors (Lipinski definition) is 3. The maximum absolute atomic E-state index is 12.4. The lowest BCUT2D eigenvalue weighted by Gasteiger charge is -2.20. The third kappa shape index (κ3) is 27.7. The Kier molecular flexibility index (Phi) is 27.0. The summed E-state index contributed by atoms with van der Waals surface area (Å²) >= 11 is 0. The number of phosphoric ester groups is 1. The summed E-state index contributed by atoms with van der Waals surface area (Å²) in [5, 5.41) is 8.78. The molecule has 3 atom stereocenters. The second-order valence-corrected chi connectivity index (χ2v) is 12.8. The first-order valence-electron chi connectivity index (χ1n) is 16.6. The van der Waals surface area contributed by atoms with Crippen molar-refractivity contribution in [1.82, 2.24) is 0 Å². The van der Waals surface area contributed by atoms with Gasteiger partial charge in [0.15, 0.2) is 6.10 Å². The highest BCUT2D eigenvalue weighted by molar-refractivity contribution is 7.47. The topological polar surface area (TPSA) is 172 Å². The number of phosphoric acid groups is 1. The van der Waals surface area contributed by atoms with Gasteiger partial charge in [0.2, 0.25) is 0 Å². The largest absolute Gasteiger partial charge is 0.480 e. The fourth-order valence-corrected chi connectivity index (χ4v) is 5.19. The predicted octanol–water partition coefficient (Wildman–Crippen LogP) is 7.22. The average Bonchev–Trinajstić information content (AvgIpc) is 2.97. The summed E-state index contributed by atoms with van der Waals surface area (Å²) in [6, 6.07) is -1.51. The van der Waals surface area contributed by atoms with Gasteiger partial charge >= 0.3 is 25.7 Å². The van der Waals surface area contributed by atoms with E-state index >= 15 is 0 Å². The van der Waals surface area contributed by atoms with Gasteiger partial charge in [-0.15, -0.1) is 0 Å². The number of unbranched alkanes of at least 4 members (excludes halogenated alkanes) is 17. The van der Waals surface area contributed by atoms with Gasteiger partial charge in [0.1, 0.15) is 12.6 Å². The van der Waals surface area contributed by atoms with Crippen LogP contribution in [0.4, 0.5) is 0 Å². The molecule has 0 aromatic carbocycles. The molecular formula is C31H60NO10P. The van der Waals surface area contributed by atoms with Crippen LogP contribution in [0.5, 0.6) is 0 Å². The Morgan fingerprint density at radius 2 is 1.02 bits per heavy atom. The van der Waals surface area contributed by atoms with E-state index in [0.717, 1.165) is 32.1 Å². The van der Waals surface area contributed by atoms with E-state index in [4.69, 9.17) is 24.8 Å². The Morgan fingerprint density at radius 3 is 1.51 bits per heavy atom. The molecule has 12 heteroatoms. The quantitative estimate of drug-likeness (QED) is 0.0398. The van der Waals surface area contributed by atoms with Crippen molar-refractivity contribution in [2.24, 2.45) is 5.73 Å². The number of rotatable bonds is 31. The van der Waals surface area contributed by atoms with E-state index in [9.17, 15) is 23.8 Å². The molecule has 11 nitrogen and oxygen atoms in total. The van der Waals surface area contributed by atoms with Crippen LogP contribution in [0.3, 0.4) is 0 Å². The molecule has 0 aliphatic heterocycles. The molecule has 0 aromatic heterocycles. The van der Waals surface area contributed by atoms with Gasteiger partial charge in [0, 0.05) is 12.8 Å². The van der Waals surface area contributed by atoms with Gasteiger partial charge < -0.3 is 25.2 Å². The summed E-state index contributed by atoms with van der Waals surface area (Å²) < 4.78 is 32.1. The van der Waals surface area contributed by atoms with E-state index < -0.39 is 51.1 Å². The molecule has 0 bridgehead atoms. The molecule has 0 fully saturated rings. The highest BCUT2D eigenvalue weighted by atomic mass is 31.2. The fourth-order valence-electron chi connectivity index (χ4n) is 4.42. The zero-order valence-corrected chi connectivity index (χ0v) is 27.7. The number of carbonyl (C=O) groups is 3. The second kappa shape index (κ2) is 28.0. The van der Waals surface area contributed by atoms with Crippen molar-refractivity contribution in [1.29, 1.82) is 0 Å². The molecule has 43 heavy (non-hydrogen) atoms. The minimum atomic E-state index is -4.68. The lowest BCUT2D eigenvalue weighted by molar-refractivity contribution is -0.161. The first kappa shape index (κ1) is 41.5. The molecule has 0 aromatic rings. The minimum Gasteiger partial charge on any atom is -0.480 e. The summed E-state index contributed by atoms with van der Waals surface area (Å²) in [4.78, 5) is 45.0. The molecule has 0 amide bonds. The molecule has 254 valence electrons. The Bertz CT molecular complexity index is 767. The van der Waals surface area contributed by atoms with Gasteiger partial charge in [-0.2, -0.15) is 0 Å². The Morgan fingerprint density at radius 1 is 0.628 bits per heavy atom. The van der Waals surface area contributed by atoms with Crippen molar-refractivity contribution in [2.75, 3.05) is 19.8 Å². The first-order chi connectivity index (χ1) is 20.6. The number of carboxylic acid groups (broad SMARTS) is 1. The molecule has 0 saturated heterocycles. The maximum Gasteiger partial charge on any atom is 0.472 e. The molecular weight excluding hydrogens is 577 g/mol. The summed E-state index contributed by atoms with van der Waals surface area (Å²) in [5.74, 6) is -2.40. The van der Waals surface area contributed by atoms with Crippen LogP contribution in [0.1, 0.15) is 149 Å². The van der Waals surface area contributed by atoms with Crippen molar-refractivity contribution in [3.63, 3.8) is 0 Å². The van der Waals surface area contributed by atoms with E-state index in [0.29, 0.717) is 12.8 Å². The van der Waals surface area contributed by atoms with E-state index in [2.05, 4.69) is 11.4 Å². The number of carbonyl (C=O) groups excluding carboxylic acids is 2. The van der Waals surface area contributed by atoms with Crippen molar-refractivity contribution >= 4 is 25.7 Å². The number of esters is 2. The lowest BCUT2D eigenvalue weighted by Crippen LogP contribution is -2.34. The summed E-state index contributed by atoms with van der Waals surface area (Å²) in [5.41, 5.74) is 5.27. The van der Waals surface area contributed by atoms with Crippen LogP contribution in [0.2, 0.25) is 0 Å². The molecule has 0 spiro atoms. The standard InChI is InChI=1S/C31H60NO10P/c1-3-5-7-8-9-10-11-12-13-14-15-16-17-18-19-21-23-30(34)42-27(24-39-29(33)22-20-6-4-2)25-40-43(37,38)41-26-28(32)31(35)36/h27-28H,3-26,32H2,1-2H3,(H,35,36)(H,37,38). The maximum atomic E-state index is 12.4. The minimum absolute atomic E-state index is 0.167. The molecule has 4 N–H and O–H groups in total. The number of nitrogens with two attached hydrogens (primary N) is 1. The van der Waals surface area contributed by atoms with Crippen LogP contribution in [-0.4, -0.2) is 59.9 Å². The molecule has 0 radical (unpaired) electrons. The number of carboxylic acids is 1. The van der Waals surface area contributed by atoms with Gasteiger partial charge in [-0.1, -0.05) is 123 Å². The lowest BCUT2D eigenvalue weighted by atomic mass is 10.0. The van der Waals surface area contributed by atoms with Crippen LogP contribution in [0.15, 0.2) is 0 Å². The second-order valence-electron chi connectivity index (χ2n) is 11.3. The molecule has 0 saturated carbocycles. The number of hydrogen-bond acceptors (Lipinski definition) is 9. The monoisotopic (exact) mass is 637 g/mol. The molecule has 0 aliphatic rings. The Balaban J connectivity index is 4.24. The van der Waals surface area contributed by atoms with E-state index in [1.54, 1.807) is 0 Å². The Hall–Kier alpha value is -1.52. The van der Waals surface area contributed by atoms with Crippen molar-refractivity contribution in [2.45, 2.75) is 161 Å². The summed E-state index contributed by atoms with van der Waals surface area (Å²) in [7, 11) is -4.68. The van der Waals surface area contributed by atoms with Gasteiger partial charge in [-0.05, 0) is 12.8 Å². The van der Waals surface area contributed by atoms with Gasteiger partial charge in [-0.3, -0.25) is 23.4 Å². The highest BCUT2D eigenvalue weighted by Crippen LogP contribution is 2.43. The van der Waals surface area contributed by atoms with E-state index in [1.807, 2.05) is 6.92 Å². The smallest absolute Gasteiger partial charge is 0.472 e. The van der Waals surface area contributed by atoms with E-state index in [-0.39, 0.29) is 19.4 Å². The van der Waals surface area contributed by atoms with Crippen LogP contribution in [0, 0.1) is 0 Å². The van der Waals surface area contributed by atoms with Crippen molar-refractivity contribution < 1.29 is 47.5 Å². The number of ether oxygens (including phenoxy) is 2. The predicted molar refractivity (Wildman–Crippen MR) is 166 cm³/mol. The van der Waals surface area contributed by atoms with Crippen LogP contribution in [0.25, 0.3) is 0 Å². The normalized spacial score (nSPS) is 14.1. The SMILES string of the molecule is CCCCCCCCCCCCCCCCCCC(=O)OC(COC(=O)CCCCC)COP(=O)(O)OCC(N)C(=O)O. The third-order valence-electron chi connectivity index (χ3n) is 7.11. The average molecular weight is 638 g/mol. The molecule has 0 rings (SSSR count). The van der Waals surface area contributed by atoms with Gasteiger partial charge in [0.05, 0.1) is 13.2 Å².